The van der Waals surface area contributed by atoms with Crippen LogP contribution in [-0.4, -0.2) is 57.2 Å². The maximum Gasteiger partial charge on any atom is 0.352 e. The summed E-state index contributed by atoms with van der Waals surface area (Å²) < 4.78 is 10.1. The first kappa shape index (κ1) is 48.3. The van der Waals surface area contributed by atoms with Gasteiger partial charge in [0.2, 0.25) is 0 Å². The number of likely N-dealkylation sites (N-methyl/N-ethyl adjacent to an activating group) is 1. The number of anilines is 1. The minimum absolute atomic E-state index is 0.213. The largest absolute Gasteiger partial charge is 0.494 e. The van der Waals surface area contributed by atoms with Crippen molar-refractivity contribution in [3.63, 3.8) is 0 Å². The van der Waals surface area contributed by atoms with Crippen molar-refractivity contribution < 1.29 is 14.6 Å². The highest BCUT2D eigenvalue weighted by Gasteiger charge is 2.24. The molecular weight excluding hydrogens is 803 g/mol. The molecule has 0 aliphatic carbocycles. The number of hydrogen-bond donors (Lipinski definition) is 3. The van der Waals surface area contributed by atoms with Gasteiger partial charge in [-0.05, 0) is 143 Å². The van der Waals surface area contributed by atoms with Gasteiger partial charge in [0.15, 0.2) is 0 Å². The number of allylic oxidation sites excluding steroid dienone is 1. The molecule has 3 heterocycles. The van der Waals surface area contributed by atoms with Gasteiger partial charge in [0.1, 0.15) is 11.4 Å². The number of benzene rings is 3. The van der Waals surface area contributed by atoms with Gasteiger partial charge >= 0.3 is 5.97 Å². The van der Waals surface area contributed by atoms with Crippen LogP contribution in [0.1, 0.15) is 94.7 Å². The van der Waals surface area contributed by atoms with Crippen LogP contribution < -0.4 is 15.4 Å². The Morgan fingerprint density at radius 2 is 1.66 bits per heavy atom. The van der Waals surface area contributed by atoms with Gasteiger partial charge in [0, 0.05) is 58.6 Å². The molecule has 0 aliphatic heterocycles. The quantitative estimate of drug-likeness (QED) is 0.0505. The highest BCUT2D eigenvalue weighted by atomic mass is 35.5. The lowest BCUT2D eigenvalue weighted by Crippen LogP contribution is -2.19. The summed E-state index contributed by atoms with van der Waals surface area (Å²) in [6.07, 6.45) is 4.37. The lowest BCUT2D eigenvalue weighted by atomic mass is 9.91. The fraction of sp³-hybridized carbons (Fsp3) is 0.340. The molecule has 3 aromatic heterocycles. The van der Waals surface area contributed by atoms with Crippen molar-refractivity contribution in [1.82, 2.24) is 24.6 Å². The number of fused-ring (bicyclic) bond motifs is 1. The topological polar surface area (TPSA) is 106 Å². The minimum atomic E-state index is -0.988. The van der Waals surface area contributed by atoms with Crippen molar-refractivity contribution in [3.8, 4) is 16.9 Å². The zero-order valence-corrected chi connectivity index (χ0v) is 39.0. The summed E-state index contributed by atoms with van der Waals surface area (Å²) in [7, 11) is 3.88. The second-order valence-electron chi connectivity index (χ2n) is 14.7. The van der Waals surface area contributed by atoms with E-state index in [1.165, 1.54) is 0 Å². The van der Waals surface area contributed by atoms with E-state index in [0.717, 1.165) is 108 Å². The Kier molecular flexibility index (Phi) is 17.8. The third kappa shape index (κ3) is 11.3. The molecule has 0 aliphatic rings. The van der Waals surface area contributed by atoms with E-state index in [1.54, 1.807) is 6.07 Å². The van der Waals surface area contributed by atoms with E-state index in [9.17, 15) is 9.90 Å². The molecule has 0 radical (unpaired) electrons. The maximum absolute atomic E-state index is 12.8. The predicted octanol–water partition coefficient (Wildman–Crippen LogP) is 12.5. The van der Waals surface area contributed by atoms with E-state index in [2.05, 4.69) is 61.9 Å². The van der Waals surface area contributed by atoms with Gasteiger partial charge in [-0.1, -0.05) is 56.1 Å². The van der Waals surface area contributed by atoms with E-state index in [4.69, 9.17) is 38.0 Å². The van der Waals surface area contributed by atoms with Crippen LogP contribution in [0.4, 0.5) is 5.69 Å². The molecule has 61 heavy (non-hydrogen) atoms. The predicted molar refractivity (Wildman–Crippen MR) is 258 cm³/mol. The number of aryl methyl sites for hydroxylation is 6. The normalized spacial score (nSPS) is 11.2. The highest BCUT2D eigenvalue weighted by molar-refractivity contribution is 6.34. The Hall–Kier alpha value is -5.35. The molecule has 3 aromatic carbocycles. The van der Waals surface area contributed by atoms with Crippen molar-refractivity contribution in [1.29, 1.82) is 0 Å². The Morgan fingerprint density at radius 3 is 2.26 bits per heavy atom. The number of pyridine rings is 1. The molecule has 6 rings (SSSR count). The average molecular weight is 866 g/mol. The van der Waals surface area contributed by atoms with Crippen LogP contribution in [0, 0.1) is 34.6 Å². The fourth-order valence-electron chi connectivity index (χ4n) is 7.65. The van der Waals surface area contributed by atoms with Crippen molar-refractivity contribution in [3.05, 3.63) is 140 Å². The molecule has 0 saturated heterocycles. The number of carboxylic acid groups (broad SMARTS) is 1. The summed E-state index contributed by atoms with van der Waals surface area (Å²) in [6.45, 7) is 24.3. The second kappa shape index (κ2) is 22.5. The molecule has 0 bridgehead atoms. The van der Waals surface area contributed by atoms with E-state index in [-0.39, 0.29) is 5.69 Å². The maximum atomic E-state index is 12.8. The number of ether oxygens (including phenoxy) is 1. The number of aromatic nitrogens is 4. The van der Waals surface area contributed by atoms with Crippen molar-refractivity contribution in [2.75, 3.05) is 32.1 Å². The van der Waals surface area contributed by atoms with Crippen LogP contribution >= 0.6 is 23.2 Å². The number of hydrogen-bond acceptors (Lipinski definition) is 6. The summed E-state index contributed by atoms with van der Waals surface area (Å²) >= 11 is 13.6. The van der Waals surface area contributed by atoms with Gasteiger partial charge < -0.3 is 25.0 Å². The third-order valence-corrected chi connectivity index (χ3v) is 11.4. The lowest BCUT2D eigenvalue weighted by Gasteiger charge is -2.21. The fourth-order valence-corrected chi connectivity index (χ4v) is 8.01. The summed E-state index contributed by atoms with van der Waals surface area (Å²) in [5.74, 6) is -0.204. The van der Waals surface area contributed by atoms with Gasteiger partial charge in [0.05, 0.1) is 40.8 Å². The number of nitrogens with zero attached hydrogens (tertiary/aromatic N) is 4. The number of nitrogens with one attached hydrogen (secondary N) is 2. The van der Waals surface area contributed by atoms with E-state index in [0.29, 0.717) is 37.6 Å². The van der Waals surface area contributed by atoms with E-state index in [1.807, 2.05) is 101 Å². The molecule has 324 valence electrons. The van der Waals surface area contributed by atoms with Gasteiger partial charge in [-0.15, -0.1) is 13.2 Å². The molecule has 0 amide bonds. The summed E-state index contributed by atoms with van der Waals surface area (Å²) in [5.41, 5.74) is 13.5. The van der Waals surface area contributed by atoms with Crippen LogP contribution in [0.3, 0.4) is 0 Å². The van der Waals surface area contributed by atoms with Crippen LogP contribution in [-0.2, 0) is 20.0 Å². The van der Waals surface area contributed by atoms with Gasteiger partial charge in [-0.2, -0.15) is 5.10 Å². The second-order valence-corrected chi connectivity index (χ2v) is 15.5. The minimum Gasteiger partial charge on any atom is -0.494 e. The molecule has 3 N–H and O–H groups in total. The smallest absolute Gasteiger partial charge is 0.352 e. The van der Waals surface area contributed by atoms with Crippen LogP contribution in [0.25, 0.3) is 33.7 Å². The average Bonchev–Trinajstić information content (AvgIpc) is 3.73. The molecule has 0 saturated carbocycles. The zero-order valence-electron chi connectivity index (χ0n) is 37.5. The molecular formula is C50H62Cl2N6O3. The van der Waals surface area contributed by atoms with Crippen LogP contribution in [0.2, 0.25) is 10.0 Å². The molecule has 0 spiro atoms. The van der Waals surface area contributed by atoms with Crippen LogP contribution in [0.5, 0.6) is 5.75 Å². The van der Waals surface area contributed by atoms with Crippen molar-refractivity contribution in [2.45, 2.75) is 81.2 Å². The number of carboxylic acids is 1. The molecule has 11 heteroatoms. The van der Waals surface area contributed by atoms with Gasteiger partial charge in [-0.25, -0.2) is 4.79 Å². The summed E-state index contributed by atoms with van der Waals surface area (Å²) in [5, 5.41) is 24.5. The standard InChI is InChI=1S/C46H52Cl2N6O3.C2H6.C2H4/c1-9-32-22-34(45-35(23-32)25-40(46(55)56)54(45)26-36-14-10-12-29(4)51-36)24-33(13-11-19-57-37-20-27(2)43(48)28(3)21-37)38-15-16-39(47)42(44(38)50-18-17-49-7)41-30(5)52-53(8)31(41)6;2*1-2/h10,12,14-16,20-25,49-50H,9,11,13,17-19,26H2,1-8H3,(H,55,56);1-2H3;1-2H2/b33-24+;;. The number of rotatable bonds is 16. The Balaban J connectivity index is 0.00000199. The monoisotopic (exact) mass is 864 g/mol. The first-order valence-electron chi connectivity index (χ1n) is 20.9. The Labute approximate surface area is 372 Å². The van der Waals surface area contributed by atoms with Crippen molar-refractivity contribution >= 4 is 57.4 Å². The van der Waals surface area contributed by atoms with Gasteiger partial charge in [-0.3, -0.25) is 9.67 Å². The Bertz CT molecular complexity index is 2480. The highest BCUT2D eigenvalue weighted by Crippen LogP contribution is 2.44. The summed E-state index contributed by atoms with van der Waals surface area (Å²) in [4.78, 5) is 17.6. The number of carbonyl (C=O) groups is 1. The lowest BCUT2D eigenvalue weighted by molar-refractivity contribution is 0.0686. The first-order chi connectivity index (χ1) is 29.3. The Morgan fingerprint density at radius 1 is 0.951 bits per heavy atom. The van der Waals surface area contributed by atoms with E-state index < -0.39 is 5.97 Å². The summed E-state index contributed by atoms with van der Waals surface area (Å²) in [6, 6.07) is 19.9. The molecule has 6 aromatic rings. The molecule has 0 fully saturated rings. The van der Waals surface area contributed by atoms with Gasteiger partial charge in [0.25, 0.3) is 0 Å². The van der Waals surface area contributed by atoms with Crippen molar-refractivity contribution in [2.24, 2.45) is 7.05 Å². The third-order valence-electron chi connectivity index (χ3n) is 10.5. The number of aromatic carboxylic acids is 1. The number of halogens is 2. The zero-order chi connectivity index (χ0) is 45.0. The molecule has 0 atom stereocenters. The molecule has 0 unspecified atom stereocenters. The first-order valence-corrected chi connectivity index (χ1v) is 21.7. The SMILES string of the molecule is C=C.CC.CCc1cc(/C=C(\CCCOc2cc(C)c(Cl)c(C)c2)c2ccc(Cl)c(-c3c(C)nn(C)c3C)c2NCCNC)c2c(c1)cc(C(=O)O)n2Cc1cccc(C)n1. The van der Waals surface area contributed by atoms with Crippen LogP contribution in [0.15, 0.2) is 73.8 Å². The van der Waals surface area contributed by atoms with E-state index >= 15 is 0 Å². The molecule has 9 nitrogen and oxygen atoms in total.